The summed E-state index contributed by atoms with van der Waals surface area (Å²) >= 11 is 0. The summed E-state index contributed by atoms with van der Waals surface area (Å²) in [6.07, 6.45) is 0. The van der Waals surface area contributed by atoms with Crippen LogP contribution in [0.2, 0.25) is 0 Å². The van der Waals surface area contributed by atoms with Crippen LogP contribution in [0.5, 0.6) is 5.75 Å². The van der Waals surface area contributed by atoms with Crippen molar-refractivity contribution in [3.05, 3.63) is 28.3 Å². The molecule has 1 atom stereocenters. The van der Waals surface area contributed by atoms with Crippen LogP contribution in [0.4, 0.5) is 11.4 Å². The number of rotatable bonds is 4. The molecule has 0 aromatic heterocycles. The van der Waals surface area contributed by atoms with Gasteiger partial charge in [-0.25, -0.2) is 4.79 Å². The van der Waals surface area contributed by atoms with Crippen molar-refractivity contribution in [1.82, 2.24) is 0 Å². The Hall–Kier alpha value is -2.35. The number of nitrogens with zero attached hydrogens (tertiary/aromatic N) is 2. The minimum Gasteiger partial charge on any atom is -0.490 e. The third-order valence-electron chi connectivity index (χ3n) is 3.10. The summed E-state index contributed by atoms with van der Waals surface area (Å²) in [7, 11) is 1.33. The molecule has 1 N–H and O–H groups in total. The van der Waals surface area contributed by atoms with E-state index in [4.69, 9.17) is 9.47 Å². The zero-order chi connectivity index (χ0) is 14.7. The molecular weight excluding hydrogens is 268 g/mol. The quantitative estimate of drug-likeness (QED) is 0.646. The number of aliphatic carboxylic acids is 1. The normalized spacial score (nSPS) is 18.6. The highest BCUT2D eigenvalue weighted by atomic mass is 16.6. The number of carboxylic acids is 1. The molecule has 0 aliphatic carbocycles. The van der Waals surface area contributed by atoms with E-state index >= 15 is 0 Å². The molecule has 1 saturated heterocycles. The standard InChI is InChI=1S/C12H14N2O6/c1-19-10-4-2-3-8(11(10)14(17)18)13-5-6-20-7-9(13)12(15)16/h2-4,9H,5-7H2,1H3,(H,15,16). The molecule has 108 valence electrons. The maximum Gasteiger partial charge on any atom is 0.333 e. The van der Waals surface area contributed by atoms with Crippen molar-refractivity contribution >= 4 is 17.3 Å². The second-order valence-electron chi connectivity index (χ2n) is 4.21. The number of morpholine rings is 1. The molecule has 1 unspecified atom stereocenters. The van der Waals surface area contributed by atoms with Crippen LogP contribution in [0.15, 0.2) is 18.2 Å². The fourth-order valence-corrected chi connectivity index (χ4v) is 2.19. The molecule has 1 aliphatic heterocycles. The van der Waals surface area contributed by atoms with E-state index in [2.05, 4.69) is 0 Å². The highest BCUT2D eigenvalue weighted by molar-refractivity contribution is 5.81. The van der Waals surface area contributed by atoms with Gasteiger partial charge in [-0.3, -0.25) is 10.1 Å². The number of nitro groups is 1. The van der Waals surface area contributed by atoms with Gasteiger partial charge in [-0.2, -0.15) is 0 Å². The van der Waals surface area contributed by atoms with E-state index in [1.165, 1.54) is 24.1 Å². The van der Waals surface area contributed by atoms with Crippen molar-refractivity contribution in [2.45, 2.75) is 6.04 Å². The van der Waals surface area contributed by atoms with Crippen LogP contribution in [0.25, 0.3) is 0 Å². The molecule has 0 radical (unpaired) electrons. The maximum absolute atomic E-state index is 11.3. The van der Waals surface area contributed by atoms with Gasteiger partial charge in [-0.15, -0.1) is 0 Å². The number of carboxylic acid groups (broad SMARTS) is 1. The first-order valence-electron chi connectivity index (χ1n) is 5.95. The zero-order valence-corrected chi connectivity index (χ0v) is 10.8. The van der Waals surface area contributed by atoms with Crippen molar-refractivity contribution in [3.8, 4) is 5.75 Å². The molecule has 0 amide bonds. The lowest BCUT2D eigenvalue weighted by molar-refractivity contribution is -0.385. The van der Waals surface area contributed by atoms with Crippen LogP contribution >= 0.6 is 0 Å². The fraction of sp³-hybridized carbons (Fsp3) is 0.417. The number of carbonyl (C=O) groups is 1. The Kier molecular flexibility index (Phi) is 4.04. The Morgan fingerprint density at radius 3 is 2.95 bits per heavy atom. The zero-order valence-electron chi connectivity index (χ0n) is 10.8. The first-order valence-corrected chi connectivity index (χ1v) is 5.95. The van der Waals surface area contributed by atoms with Gasteiger partial charge in [0, 0.05) is 6.54 Å². The van der Waals surface area contributed by atoms with E-state index in [-0.39, 0.29) is 30.3 Å². The summed E-state index contributed by atoms with van der Waals surface area (Å²) in [5.74, 6) is -0.982. The number of nitro benzene ring substituents is 1. The maximum atomic E-state index is 11.3. The van der Waals surface area contributed by atoms with Gasteiger partial charge < -0.3 is 19.5 Å². The molecule has 1 fully saturated rings. The Labute approximate surface area is 114 Å². The lowest BCUT2D eigenvalue weighted by atomic mass is 10.1. The molecule has 1 aliphatic rings. The smallest absolute Gasteiger partial charge is 0.333 e. The van der Waals surface area contributed by atoms with Crippen molar-refractivity contribution in [2.24, 2.45) is 0 Å². The summed E-state index contributed by atoms with van der Waals surface area (Å²) in [5.41, 5.74) is -0.00630. The number of ether oxygens (including phenoxy) is 2. The van der Waals surface area contributed by atoms with Gasteiger partial charge >= 0.3 is 11.7 Å². The van der Waals surface area contributed by atoms with Crippen LogP contribution in [0, 0.1) is 10.1 Å². The molecule has 0 spiro atoms. The summed E-state index contributed by atoms with van der Waals surface area (Å²) in [5, 5.41) is 20.4. The molecule has 1 aromatic rings. The first-order chi connectivity index (χ1) is 9.56. The van der Waals surface area contributed by atoms with Gasteiger partial charge in [0.1, 0.15) is 5.69 Å². The van der Waals surface area contributed by atoms with E-state index in [9.17, 15) is 20.0 Å². The molecule has 2 rings (SSSR count). The van der Waals surface area contributed by atoms with Gasteiger partial charge in [-0.05, 0) is 12.1 Å². The molecule has 8 heteroatoms. The van der Waals surface area contributed by atoms with Crippen molar-refractivity contribution in [1.29, 1.82) is 0 Å². The SMILES string of the molecule is COc1cccc(N2CCOCC2C(=O)O)c1[N+](=O)[O-]. The van der Waals surface area contributed by atoms with Crippen LogP contribution in [-0.4, -0.2) is 48.9 Å². The average molecular weight is 282 g/mol. The second kappa shape index (κ2) is 5.74. The molecule has 1 heterocycles. The summed E-state index contributed by atoms with van der Waals surface area (Å²) in [6.45, 7) is 0.576. The Bertz CT molecular complexity index is 533. The van der Waals surface area contributed by atoms with Gasteiger partial charge in [0.15, 0.2) is 11.8 Å². The number of methoxy groups -OCH3 is 1. The predicted octanol–water partition coefficient (Wildman–Crippen LogP) is 0.893. The minimum absolute atomic E-state index is 0.0102. The lowest BCUT2D eigenvalue weighted by Crippen LogP contribution is -2.50. The molecule has 20 heavy (non-hydrogen) atoms. The third kappa shape index (κ3) is 2.50. The van der Waals surface area contributed by atoms with Crippen LogP contribution in [0.3, 0.4) is 0 Å². The van der Waals surface area contributed by atoms with Crippen molar-refractivity contribution in [3.63, 3.8) is 0 Å². The average Bonchev–Trinajstić information content (AvgIpc) is 2.46. The van der Waals surface area contributed by atoms with E-state index in [1.54, 1.807) is 6.07 Å². The molecule has 0 saturated carbocycles. The van der Waals surface area contributed by atoms with E-state index in [1.807, 2.05) is 0 Å². The van der Waals surface area contributed by atoms with E-state index in [0.29, 0.717) is 6.61 Å². The number of para-hydroxylation sites is 1. The van der Waals surface area contributed by atoms with Crippen LogP contribution in [-0.2, 0) is 9.53 Å². The third-order valence-corrected chi connectivity index (χ3v) is 3.10. The fourth-order valence-electron chi connectivity index (χ4n) is 2.19. The largest absolute Gasteiger partial charge is 0.490 e. The topological polar surface area (TPSA) is 102 Å². The predicted molar refractivity (Wildman–Crippen MR) is 69.2 cm³/mol. The number of benzene rings is 1. The number of hydrogen-bond acceptors (Lipinski definition) is 6. The second-order valence-corrected chi connectivity index (χ2v) is 4.21. The minimum atomic E-state index is -1.08. The van der Waals surface area contributed by atoms with Crippen molar-refractivity contribution < 1.29 is 24.3 Å². The van der Waals surface area contributed by atoms with Crippen LogP contribution in [0.1, 0.15) is 0 Å². The summed E-state index contributed by atoms with van der Waals surface area (Å²) in [6, 6.07) is 3.63. The number of hydrogen-bond donors (Lipinski definition) is 1. The highest BCUT2D eigenvalue weighted by Gasteiger charge is 2.34. The van der Waals surface area contributed by atoms with Gasteiger partial charge in [0.05, 0.1) is 25.2 Å². The summed E-state index contributed by atoms with van der Waals surface area (Å²) < 4.78 is 10.1. The Balaban J connectivity index is 2.50. The monoisotopic (exact) mass is 282 g/mol. The summed E-state index contributed by atoms with van der Waals surface area (Å²) in [4.78, 5) is 23.4. The van der Waals surface area contributed by atoms with E-state index < -0.39 is 16.9 Å². The van der Waals surface area contributed by atoms with Gasteiger partial charge in [0.2, 0.25) is 0 Å². The first kappa shape index (κ1) is 14.1. The number of anilines is 1. The van der Waals surface area contributed by atoms with Gasteiger partial charge in [0.25, 0.3) is 0 Å². The van der Waals surface area contributed by atoms with Crippen molar-refractivity contribution in [2.75, 3.05) is 31.8 Å². The van der Waals surface area contributed by atoms with E-state index in [0.717, 1.165) is 0 Å². The molecule has 1 aromatic carbocycles. The lowest BCUT2D eigenvalue weighted by Gasteiger charge is -2.34. The Morgan fingerprint density at radius 2 is 2.35 bits per heavy atom. The van der Waals surface area contributed by atoms with Crippen LogP contribution < -0.4 is 9.64 Å². The van der Waals surface area contributed by atoms with Gasteiger partial charge in [-0.1, -0.05) is 6.07 Å². The highest BCUT2D eigenvalue weighted by Crippen LogP contribution is 2.38. The molecule has 0 bridgehead atoms. The Morgan fingerprint density at radius 1 is 1.60 bits per heavy atom. The molecular formula is C12H14N2O6. The molecule has 8 nitrogen and oxygen atoms in total.